The summed E-state index contributed by atoms with van der Waals surface area (Å²) in [7, 11) is -0.741. The quantitative estimate of drug-likeness (QED) is 0.704. The molecule has 2 rings (SSSR count). The molecule has 2 aromatic carbocycles. The Hall–Kier alpha value is -2.81. The van der Waals surface area contributed by atoms with Crippen molar-refractivity contribution in [2.45, 2.75) is 25.9 Å². The van der Waals surface area contributed by atoms with Gasteiger partial charge < -0.3 is 14.8 Å². The molecule has 0 spiro atoms. The van der Waals surface area contributed by atoms with E-state index in [4.69, 9.17) is 9.47 Å². The minimum atomic E-state index is -3.78. The van der Waals surface area contributed by atoms with Gasteiger partial charge in [-0.3, -0.25) is 9.10 Å². The smallest absolute Gasteiger partial charge is 0.244 e. The van der Waals surface area contributed by atoms with Gasteiger partial charge in [-0.05, 0) is 55.8 Å². The zero-order valence-corrected chi connectivity index (χ0v) is 17.8. The lowest BCUT2D eigenvalue weighted by atomic mass is 10.1. The molecular weight excluding hydrogens is 399 g/mol. The number of carbonyl (C=O) groups excluding carboxylic acids is 1. The van der Waals surface area contributed by atoms with Gasteiger partial charge in [-0.2, -0.15) is 0 Å². The standard InChI is InChI=1S/C20H25FN2O5S/c1-13(15-6-11-18(27-3)19(12-15)28-4)22-20(24)14(2)23(29(5,25)26)17-9-7-16(21)8-10-17/h6-14H,1-5H3,(H,22,24). The molecule has 0 aliphatic heterocycles. The van der Waals surface area contributed by atoms with Gasteiger partial charge >= 0.3 is 0 Å². The lowest BCUT2D eigenvalue weighted by Crippen LogP contribution is -2.48. The normalized spacial score (nSPS) is 13.3. The third-order valence-corrected chi connectivity index (χ3v) is 5.68. The molecular formula is C20H25FN2O5S. The number of anilines is 1. The number of sulfonamides is 1. The van der Waals surface area contributed by atoms with Crippen molar-refractivity contribution in [2.24, 2.45) is 0 Å². The van der Waals surface area contributed by atoms with E-state index in [-0.39, 0.29) is 5.69 Å². The molecule has 158 valence electrons. The first kappa shape index (κ1) is 22.5. The SMILES string of the molecule is COc1ccc(C(C)NC(=O)C(C)N(c2ccc(F)cc2)S(C)(=O)=O)cc1OC. The van der Waals surface area contributed by atoms with Gasteiger partial charge in [-0.25, -0.2) is 12.8 Å². The van der Waals surface area contributed by atoms with Crippen molar-refractivity contribution in [1.82, 2.24) is 5.32 Å². The van der Waals surface area contributed by atoms with Crippen LogP contribution in [0.15, 0.2) is 42.5 Å². The predicted molar refractivity (Wildman–Crippen MR) is 109 cm³/mol. The number of rotatable bonds is 8. The van der Waals surface area contributed by atoms with Crippen molar-refractivity contribution in [2.75, 3.05) is 24.8 Å². The fourth-order valence-electron chi connectivity index (χ4n) is 2.94. The Morgan fingerprint density at radius 3 is 2.14 bits per heavy atom. The summed E-state index contributed by atoms with van der Waals surface area (Å²) in [5.74, 6) is 0.0781. The van der Waals surface area contributed by atoms with Gasteiger partial charge in [0.1, 0.15) is 11.9 Å². The molecule has 0 fully saturated rings. The number of benzene rings is 2. The number of ether oxygens (including phenoxy) is 2. The van der Waals surface area contributed by atoms with Crippen LogP contribution in [-0.4, -0.2) is 40.8 Å². The van der Waals surface area contributed by atoms with E-state index in [0.29, 0.717) is 11.5 Å². The van der Waals surface area contributed by atoms with Gasteiger partial charge in [0.25, 0.3) is 0 Å². The Bertz CT molecular complexity index is 963. The van der Waals surface area contributed by atoms with Gasteiger partial charge in [0.05, 0.1) is 32.2 Å². The second-order valence-electron chi connectivity index (χ2n) is 6.56. The molecule has 0 aromatic heterocycles. The highest BCUT2D eigenvalue weighted by Crippen LogP contribution is 2.30. The maximum absolute atomic E-state index is 13.2. The lowest BCUT2D eigenvalue weighted by Gasteiger charge is -2.29. The number of nitrogens with one attached hydrogen (secondary N) is 1. The minimum Gasteiger partial charge on any atom is -0.493 e. The van der Waals surface area contributed by atoms with E-state index in [0.717, 1.165) is 28.3 Å². The molecule has 2 atom stereocenters. The van der Waals surface area contributed by atoms with E-state index in [1.807, 2.05) is 0 Å². The summed E-state index contributed by atoms with van der Waals surface area (Å²) in [6, 6.07) is 8.71. The Kier molecular flexibility index (Phi) is 7.07. The largest absolute Gasteiger partial charge is 0.493 e. The van der Waals surface area contributed by atoms with Gasteiger partial charge in [-0.1, -0.05) is 6.07 Å². The summed E-state index contributed by atoms with van der Waals surface area (Å²) >= 11 is 0. The number of hydrogen-bond donors (Lipinski definition) is 1. The summed E-state index contributed by atoms with van der Waals surface area (Å²) in [5.41, 5.74) is 0.964. The van der Waals surface area contributed by atoms with Crippen LogP contribution in [0.4, 0.5) is 10.1 Å². The van der Waals surface area contributed by atoms with E-state index in [9.17, 15) is 17.6 Å². The molecule has 7 nitrogen and oxygen atoms in total. The highest BCUT2D eigenvalue weighted by Gasteiger charge is 2.30. The maximum atomic E-state index is 13.2. The summed E-state index contributed by atoms with van der Waals surface area (Å²) in [4.78, 5) is 12.8. The summed E-state index contributed by atoms with van der Waals surface area (Å²) in [6.45, 7) is 3.25. The van der Waals surface area contributed by atoms with Gasteiger partial charge in [0, 0.05) is 0 Å². The molecule has 0 aliphatic carbocycles. The highest BCUT2D eigenvalue weighted by atomic mass is 32.2. The third kappa shape index (κ3) is 5.38. The fourth-order valence-corrected chi connectivity index (χ4v) is 4.11. The monoisotopic (exact) mass is 424 g/mol. The van der Waals surface area contributed by atoms with Crippen LogP contribution in [0, 0.1) is 5.82 Å². The lowest BCUT2D eigenvalue weighted by molar-refractivity contribution is -0.122. The Morgan fingerprint density at radius 2 is 1.62 bits per heavy atom. The molecule has 9 heteroatoms. The van der Waals surface area contributed by atoms with E-state index in [2.05, 4.69) is 5.32 Å². The summed E-state index contributed by atoms with van der Waals surface area (Å²) in [6.07, 6.45) is 0.998. The summed E-state index contributed by atoms with van der Waals surface area (Å²) < 4.78 is 49.2. The number of hydrogen-bond acceptors (Lipinski definition) is 5. The van der Waals surface area contributed by atoms with Crippen LogP contribution in [0.25, 0.3) is 0 Å². The van der Waals surface area contributed by atoms with Crippen molar-refractivity contribution >= 4 is 21.6 Å². The molecule has 0 heterocycles. The number of methoxy groups -OCH3 is 2. The molecule has 2 unspecified atom stereocenters. The third-order valence-electron chi connectivity index (χ3n) is 4.44. The number of amides is 1. The van der Waals surface area contributed by atoms with Crippen molar-refractivity contribution in [3.05, 3.63) is 53.8 Å². The van der Waals surface area contributed by atoms with Crippen LogP contribution in [0.3, 0.4) is 0 Å². The van der Waals surface area contributed by atoms with E-state index >= 15 is 0 Å². The Balaban J connectivity index is 2.24. The Morgan fingerprint density at radius 1 is 1.03 bits per heavy atom. The van der Waals surface area contributed by atoms with Crippen LogP contribution in [-0.2, 0) is 14.8 Å². The maximum Gasteiger partial charge on any atom is 0.244 e. The van der Waals surface area contributed by atoms with Crippen molar-refractivity contribution < 1.29 is 27.1 Å². The first-order valence-electron chi connectivity index (χ1n) is 8.85. The van der Waals surface area contributed by atoms with Gasteiger partial charge in [0.2, 0.25) is 15.9 Å². The molecule has 1 amide bonds. The van der Waals surface area contributed by atoms with Crippen LogP contribution in [0.2, 0.25) is 0 Å². The van der Waals surface area contributed by atoms with Crippen molar-refractivity contribution in [3.63, 3.8) is 0 Å². The van der Waals surface area contributed by atoms with Crippen LogP contribution >= 0.6 is 0 Å². The fraction of sp³-hybridized carbons (Fsp3) is 0.350. The number of halogens is 1. The second kappa shape index (κ2) is 9.13. The van der Waals surface area contributed by atoms with Crippen LogP contribution < -0.4 is 19.1 Å². The van der Waals surface area contributed by atoms with E-state index < -0.39 is 33.8 Å². The van der Waals surface area contributed by atoms with Gasteiger partial charge in [0.15, 0.2) is 11.5 Å². The molecule has 0 aliphatic rings. The van der Waals surface area contributed by atoms with Gasteiger partial charge in [-0.15, -0.1) is 0 Å². The predicted octanol–water partition coefficient (Wildman–Crippen LogP) is 2.87. The molecule has 0 saturated heterocycles. The topological polar surface area (TPSA) is 84.9 Å². The molecule has 0 radical (unpaired) electrons. The molecule has 2 aromatic rings. The second-order valence-corrected chi connectivity index (χ2v) is 8.42. The highest BCUT2D eigenvalue weighted by molar-refractivity contribution is 7.92. The zero-order valence-electron chi connectivity index (χ0n) is 17.0. The molecule has 1 N–H and O–H groups in total. The Labute approximate surface area is 170 Å². The number of carbonyl (C=O) groups is 1. The van der Waals surface area contributed by atoms with Crippen molar-refractivity contribution in [1.29, 1.82) is 0 Å². The average Bonchev–Trinajstić information content (AvgIpc) is 2.67. The minimum absolute atomic E-state index is 0.204. The summed E-state index contributed by atoms with van der Waals surface area (Å²) in [5, 5.41) is 2.80. The van der Waals surface area contributed by atoms with Crippen LogP contribution in [0.1, 0.15) is 25.5 Å². The number of nitrogens with zero attached hydrogens (tertiary/aromatic N) is 1. The first-order valence-corrected chi connectivity index (χ1v) is 10.7. The van der Waals surface area contributed by atoms with E-state index in [1.165, 1.54) is 33.3 Å². The molecule has 29 heavy (non-hydrogen) atoms. The van der Waals surface area contributed by atoms with E-state index in [1.54, 1.807) is 25.1 Å². The molecule has 0 bridgehead atoms. The van der Waals surface area contributed by atoms with Crippen molar-refractivity contribution in [3.8, 4) is 11.5 Å². The first-order chi connectivity index (χ1) is 13.6. The zero-order chi connectivity index (χ0) is 21.8. The van der Waals surface area contributed by atoms with Crippen LogP contribution in [0.5, 0.6) is 11.5 Å². The average molecular weight is 424 g/mol. The molecule has 0 saturated carbocycles.